The minimum Gasteiger partial charge on any atom is -0.309 e. The summed E-state index contributed by atoms with van der Waals surface area (Å²) < 4.78 is 7.25. The first-order chi connectivity index (χ1) is 25.3. The van der Waals surface area contributed by atoms with Crippen LogP contribution in [0.1, 0.15) is 0 Å². The summed E-state index contributed by atoms with van der Waals surface area (Å²) in [5.41, 5.74) is 13.1. The molecule has 0 aliphatic rings. The molecular formula is C48H31N3. The van der Waals surface area contributed by atoms with Crippen LogP contribution in [0.4, 0.5) is 0 Å². The van der Waals surface area contributed by atoms with Gasteiger partial charge in [-0.3, -0.25) is 0 Å². The zero-order valence-corrected chi connectivity index (χ0v) is 27.7. The maximum atomic E-state index is 2.44. The van der Waals surface area contributed by atoms with E-state index in [0.29, 0.717) is 0 Å². The molecule has 3 aromatic heterocycles. The number of hydrogen-bond donors (Lipinski definition) is 0. The SMILES string of the molecule is c1ccc(-c2ccc3c(c2)c2cc(-n4c5ccccc5c5ccccc54)ccc2n3-c2cccc(-n3c4ccccc4c4ccccc43)c2)cc1. The van der Waals surface area contributed by atoms with Gasteiger partial charge in [-0.15, -0.1) is 0 Å². The molecule has 0 amide bonds. The van der Waals surface area contributed by atoms with Crippen molar-refractivity contribution in [3.63, 3.8) is 0 Å². The number of aromatic nitrogens is 3. The number of para-hydroxylation sites is 4. The van der Waals surface area contributed by atoms with Crippen molar-refractivity contribution >= 4 is 65.4 Å². The zero-order valence-electron chi connectivity index (χ0n) is 27.7. The summed E-state index contributed by atoms with van der Waals surface area (Å²) in [6, 6.07) is 68.5. The molecule has 0 saturated heterocycles. The minimum atomic E-state index is 1.13. The van der Waals surface area contributed by atoms with Crippen LogP contribution in [-0.4, -0.2) is 13.7 Å². The Kier molecular flexibility index (Phi) is 5.96. The summed E-state index contributed by atoms with van der Waals surface area (Å²) in [5.74, 6) is 0. The van der Waals surface area contributed by atoms with Gasteiger partial charge in [0.15, 0.2) is 0 Å². The number of hydrogen-bond acceptors (Lipinski definition) is 0. The van der Waals surface area contributed by atoms with Crippen molar-refractivity contribution < 1.29 is 0 Å². The van der Waals surface area contributed by atoms with Crippen molar-refractivity contribution in [2.24, 2.45) is 0 Å². The van der Waals surface area contributed by atoms with Crippen LogP contribution in [0.5, 0.6) is 0 Å². The normalized spacial score (nSPS) is 11.9. The van der Waals surface area contributed by atoms with Gasteiger partial charge in [0.1, 0.15) is 0 Å². The van der Waals surface area contributed by atoms with Crippen LogP contribution >= 0.6 is 0 Å². The predicted octanol–water partition coefficient (Wildman–Crippen LogP) is 12.6. The first kappa shape index (κ1) is 28.0. The first-order valence-corrected chi connectivity index (χ1v) is 17.5. The van der Waals surface area contributed by atoms with E-state index in [1.165, 1.54) is 76.5 Å². The molecule has 0 spiro atoms. The summed E-state index contributed by atoms with van der Waals surface area (Å²) in [7, 11) is 0. The van der Waals surface area contributed by atoms with Gasteiger partial charge in [0.05, 0.1) is 33.1 Å². The van der Waals surface area contributed by atoms with Crippen molar-refractivity contribution in [1.82, 2.24) is 13.7 Å². The van der Waals surface area contributed by atoms with Gasteiger partial charge in [-0.25, -0.2) is 0 Å². The molecule has 0 saturated carbocycles. The van der Waals surface area contributed by atoms with Crippen molar-refractivity contribution in [2.45, 2.75) is 0 Å². The molecule has 11 aromatic rings. The lowest BCUT2D eigenvalue weighted by atomic mass is 10.0. The molecule has 0 radical (unpaired) electrons. The van der Waals surface area contributed by atoms with E-state index in [9.17, 15) is 0 Å². The Morgan fingerprint density at radius 3 is 1.12 bits per heavy atom. The number of rotatable bonds is 4. The maximum absolute atomic E-state index is 2.44. The molecule has 0 bridgehead atoms. The van der Waals surface area contributed by atoms with Crippen molar-refractivity contribution in [1.29, 1.82) is 0 Å². The topological polar surface area (TPSA) is 14.8 Å². The summed E-state index contributed by atoms with van der Waals surface area (Å²) in [6.07, 6.45) is 0. The summed E-state index contributed by atoms with van der Waals surface area (Å²) in [6.45, 7) is 0. The van der Waals surface area contributed by atoms with Gasteiger partial charge in [0.25, 0.3) is 0 Å². The molecule has 3 nitrogen and oxygen atoms in total. The third kappa shape index (κ3) is 4.12. The van der Waals surface area contributed by atoms with Gasteiger partial charge in [-0.1, -0.05) is 115 Å². The van der Waals surface area contributed by atoms with Crippen molar-refractivity contribution in [2.75, 3.05) is 0 Å². The summed E-state index contributed by atoms with van der Waals surface area (Å²) in [4.78, 5) is 0. The molecule has 51 heavy (non-hydrogen) atoms. The maximum Gasteiger partial charge on any atom is 0.0542 e. The van der Waals surface area contributed by atoms with Crippen LogP contribution in [-0.2, 0) is 0 Å². The molecule has 8 aromatic carbocycles. The number of benzene rings is 8. The Morgan fingerprint density at radius 1 is 0.216 bits per heavy atom. The van der Waals surface area contributed by atoms with Gasteiger partial charge >= 0.3 is 0 Å². The quantitative estimate of drug-likeness (QED) is 0.180. The van der Waals surface area contributed by atoms with Crippen LogP contribution in [0, 0.1) is 0 Å². The minimum absolute atomic E-state index is 1.13. The zero-order chi connectivity index (χ0) is 33.5. The highest BCUT2D eigenvalue weighted by Crippen LogP contribution is 2.39. The second-order valence-electron chi connectivity index (χ2n) is 13.4. The van der Waals surface area contributed by atoms with E-state index in [4.69, 9.17) is 0 Å². The first-order valence-electron chi connectivity index (χ1n) is 17.5. The molecule has 3 heterocycles. The molecule has 0 atom stereocenters. The fraction of sp³-hybridized carbons (Fsp3) is 0. The van der Waals surface area contributed by atoms with E-state index >= 15 is 0 Å². The van der Waals surface area contributed by atoms with Gasteiger partial charge in [0.2, 0.25) is 0 Å². The second kappa shape index (κ2) is 10.8. The smallest absolute Gasteiger partial charge is 0.0542 e. The summed E-state index contributed by atoms with van der Waals surface area (Å²) >= 11 is 0. The molecule has 0 N–H and O–H groups in total. The Balaban J connectivity index is 1.19. The monoisotopic (exact) mass is 649 g/mol. The number of nitrogens with zero attached hydrogens (tertiary/aromatic N) is 3. The van der Waals surface area contributed by atoms with Crippen LogP contribution in [0.3, 0.4) is 0 Å². The largest absolute Gasteiger partial charge is 0.309 e. The second-order valence-corrected chi connectivity index (χ2v) is 13.4. The highest BCUT2D eigenvalue weighted by atomic mass is 15.0. The molecule has 3 heteroatoms. The Morgan fingerprint density at radius 2 is 0.608 bits per heavy atom. The van der Waals surface area contributed by atoms with Crippen molar-refractivity contribution in [3.8, 4) is 28.2 Å². The van der Waals surface area contributed by atoms with E-state index in [1.54, 1.807) is 0 Å². The molecule has 0 aliphatic heterocycles. The average Bonchev–Trinajstić information content (AvgIpc) is 3.83. The van der Waals surface area contributed by atoms with Gasteiger partial charge in [-0.05, 0) is 83.9 Å². The molecule has 0 fully saturated rings. The van der Waals surface area contributed by atoms with Crippen LogP contribution < -0.4 is 0 Å². The molecule has 11 rings (SSSR count). The highest BCUT2D eigenvalue weighted by molar-refractivity contribution is 6.13. The lowest BCUT2D eigenvalue weighted by Crippen LogP contribution is -1.99. The third-order valence-corrected chi connectivity index (χ3v) is 10.6. The Labute approximate surface area is 294 Å². The number of fused-ring (bicyclic) bond motifs is 9. The van der Waals surface area contributed by atoms with E-state index in [1.807, 2.05) is 0 Å². The Bertz CT molecular complexity index is 3030. The van der Waals surface area contributed by atoms with Gasteiger partial charge in [-0.2, -0.15) is 0 Å². The standard InChI is InChI=1S/C48H31N3/c1-2-13-32(14-3-1)33-25-27-47-41(29-33)42-31-36(51-45-23-10-6-19-39(45)40-20-7-11-24-46(40)51)26-28-48(42)50(47)35-16-12-15-34(30-35)49-43-21-8-4-17-37(43)38-18-5-9-22-44(38)49/h1-31H. The lowest BCUT2D eigenvalue weighted by molar-refractivity contribution is 1.13. The molecule has 238 valence electrons. The fourth-order valence-electron chi connectivity index (χ4n) is 8.41. The molecule has 0 aliphatic carbocycles. The van der Waals surface area contributed by atoms with Crippen LogP contribution in [0.2, 0.25) is 0 Å². The van der Waals surface area contributed by atoms with E-state index in [-0.39, 0.29) is 0 Å². The predicted molar refractivity (Wildman–Crippen MR) is 215 cm³/mol. The van der Waals surface area contributed by atoms with Gasteiger partial charge in [0, 0.05) is 49.4 Å². The van der Waals surface area contributed by atoms with Crippen LogP contribution in [0.25, 0.3) is 93.6 Å². The van der Waals surface area contributed by atoms with Crippen LogP contribution in [0.15, 0.2) is 188 Å². The molecule has 0 unspecified atom stereocenters. The Hall–Kier alpha value is -6.84. The fourth-order valence-corrected chi connectivity index (χ4v) is 8.41. The average molecular weight is 650 g/mol. The van der Waals surface area contributed by atoms with E-state index < -0.39 is 0 Å². The third-order valence-electron chi connectivity index (χ3n) is 10.6. The van der Waals surface area contributed by atoms with Crippen molar-refractivity contribution in [3.05, 3.63) is 188 Å². The van der Waals surface area contributed by atoms with E-state index in [2.05, 4.69) is 202 Å². The van der Waals surface area contributed by atoms with Gasteiger partial charge < -0.3 is 13.7 Å². The molecular weight excluding hydrogens is 619 g/mol. The van der Waals surface area contributed by atoms with E-state index in [0.717, 1.165) is 17.1 Å². The highest BCUT2D eigenvalue weighted by Gasteiger charge is 2.18. The lowest BCUT2D eigenvalue weighted by Gasteiger charge is -2.13. The summed E-state index contributed by atoms with van der Waals surface area (Å²) in [5, 5.41) is 7.52.